The first-order chi connectivity index (χ1) is 9.15. The largest absolute Gasteiger partial charge is 0.399 e. The van der Waals surface area contributed by atoms with E-state index in [0.717, 1.165) is 16.1 Å². The summed E-state index contributed by atoms with van der Waals surface area (Å²) in [5.41, 5.74) is 7.56. The smallest absolute Gasteiger partial charge is 0.230 e. The van der Waals surface area contributed by atoms with Crippen LogP contribution in [0.5, 0.6) is 0 Å². The fraction of sp³-hybridized carbons (Fsp3) is 0.214. The molecule has 1 aromatic heterocycles. The predicted octanol–water partition coefficient (Wildman–Crippen LogP) is 3.05. The number of carbonyl (C=O) groups excluding carboxylic acids is 1. The van der Waals surface area contributed by atoms with E-state index in [1.54, 1.807) is 11.3 Å². The summed E-state index contributed by atoms with van der Waals surface area (Å²) in [4.78, 5) is 14.0. The Hall–Kier alpha value is -1.46. The molecule has 2 aromatic rings. The van der Waals surface area contributed by atoms with Crippen LogP contribution < -0.4 is 11.1 Å². The number of hydrogen-bond donors (Lipinski definition) is 2. The van der Waals surface area contributed by atoms with Crippen LogP contribution in [0.2, 0.25) is 0 Å². The molecular weight excluding hydrogens is 276 g/mol. The first-order valence-corrected chi connectivity index (χ1v) is 7.79. The van der Waals surface area contributed by atoms with Gasteiger partial charge < -0.3 is 11.1 Å². The van der Waals surface area contributed by atoms with Gasteiger partial charge in [0.2, 0.25) is 5.91 Å². The van der Waals surface area contributed by atoms with E-state index in [2.05, 4.69) is 5.32 Å². The minimum atomic E-state index is 0.0506. The zero-order chi connectivity index (χ0) is 13.7. The van der Waals surface area contributed by atoms with Crippen LogP contribution in [0, 0.1) is 6.92 Å². The van der Waals surface area contributed by atoms with Gasteiger partial charge >= 0.3 is 0 Å². The van der Waals surface area contributed by atoms with Crippen LogP contribution in [0.25, 0.3) is 0 Å². The number of nitrogens with one attached hydrogen (secondary N) is 1. The van der Waals surface area contributed by atoms with Crippen molar-refractivity contribution >= 4 is 34.7 Å². The maximum Gasteiger partial charge on any atom is 0.230 e. The van der Waals surface area contributed by atoms with Crippen LogP contribution in [0.4, 0.5) is 5.69 Å². The Morgan fingerprint density at radius 2 is 2.26 bits per heavy atom. The summed E-state index contributed by atoms with van der Waals surface area (Å²) in [6.45, 7) is 2.61. The Morgan fingerprint density at radius 3 is 2.95 bits per heavy atom. The highest BCUT2D eigenvalue weighted by molar-refractivity contribution is 8.00. The summed E-state index contributed by atoms with van der Waals surface area (Å²) >= 11 is 3.18. The first-order valence-electron chi connectivity index (χ1n) is 5.93. The molecule has 0 unspecified atom stereocenters. The Labute approximate surface area is 121 Å². The average molecular weight is 292 g/mol. The van der Waals surface area contributed by atoms with Gasteiger partial charge in [-0.05, 0) is 42.1 Å². The van der Waals surface area contributed by atoms with Crippen molar-refractivity contribution in [3.63, 3.8) is 0 Å². The summed E-state index contributed by atoms with van der Waals surface area (Å²) in [7, 11) is 0. The van der Waals surface area contributed by atoms with Crippen molar-refractivity contribution in [3.8, 4) is 0 Å². The lowest BCUT2D eigenvalue weighted by atomic mass is 10.2. The van der Waals surface area contributed by atoms with Gasteiger partial charge in [0, 0.05) is 15.5 Å². The molecule has 0 fully saturated rings. The van der Waals surface area contributed by atoms with Gasteiger partial charge in [-0.2, -0.15) is 0 Å². The SMILES string of the molecule is Cc1cc(N)ccc1SCC(=O)NCc1cccs1. The summed E-state index contributed by atoms with van der Waals surface area (Å²) in [5, 5.41) is 4.92. The number of amides is 1. The number of rotatable bonds is 5. The third-order valence-corrected chi connectivity index (χ3v) is 4.65. The molecule has 1 aromatic carbocycles. The molecular formula is C14H16N2OS2. The molecule has 0 atom stereocenters. The van der Waals surface area contributed by atoms with Crippen LogP contribution in [-0.2, 0) is 11.3 Å². The molecule has 3 nitrogen and oxygen atoms in total. The molecule has 0 saturated heterocycles. The number of thioether (sulfide) groups is 1. The van der Waals surface area contributed by atoms with E-state index in [4.69, 9.17) is 5.73 Å². The van der Waals surface area contributed by atoms with Crippen LogP contribution in [-0.4, -0.2) is 11.7 Å². The molecule has 0 aliphatic rings. The summed E-state index contributed by atoms with van der Waals surface area (Å²) in [6.07, 6.45) is 0. The molecule has 0 aliphatic heterocycles. The Bertz CT molecular complexity index is 553. The number of thiophene rings is 1. The Balaban J connectivity index is 1.80. The van der Waals surface area contributed by atoms with Crippen molar-refractivity contribution in [1.29, 1.82) is 0 Å². The van der Waals surface area contributed by atoms with Crippen molar-refractivity contribution in [2.24, 2.45) is 0 Å². The van der Waals surface area contributed by atoms with E-state index < -0.39 is 0 Å². The zero-order valence-corrected chi connectivity index (χ0v) is 12.3. The van der Waals surface area contributed by atoms with Gasteiger partial charge in [0.15, 0.2) is 0 Å². The maximum atomic E-state index is 11.7. The zero-order valence-electron chi connectivity index (χ0n) is 10.7. The highest BCUT2D eigenvalue weighted by atomic mass is 32.2. The minimum Gasteiger partial charge on any atom is -0.399 e. The second-order valence-electron chi connectivity index (χ2n) is 4.17. The second-order valence-corrected chi connectivity index (χ2v) is 6.22. The number of hydrogen-bond acceptors (Lipinski definition) is 4. The van der Waals surface area contributed by atoms with Crippen molar-refractivity contribution in [2.75, 3.05) is 11.5 Å². The van der Waals surface area contributed by atoms with Gasteiger partial charge in [0.05, 0.1) is 12.3 Å². The monoisotopic (exact) mass is 292 g/mol. The summed E-state index contributed by atoms with van der Waals surface area (Å²) < 4.78 is 0. The third kappa shape index (κ3) is 4.29. The van der Waals surface area contributed by atoms with E-state index in [9.17, 15) is 4.79 Å². The molecule has 3 N–H and O–H groups in total. The van der Waals surface area contributed by atoms with Crippen molar-refractivity contribution in [3.05, 3.63) is 46.2 Å². The van der Waals surface area contributed by atoms with Gasteiger partial charge in [-0.1, -0.05) is 6.07 Å². The van der Waals surface area contributed by atoms with E-state index in [1.807, 2.05) is 42.6 Å². The maximum absolute atomic E-state index is 11.7. The van der Waals surface area contributed by atoms with Crippen molar-refractivity contribution in [1.82, 2.24) is 5.32 Å². The van der Waals surface area contributed by atoms with E-state index >= 15 is 0 Å². The lowest BCUT2D eigenvalue weighted by Gasteiger charge is -2.07. The fourth-order valence-corrected chi connectivity index (χ4v) is 3.11. The quantitative estimate of drug-likeness (QED) is 0.658. The third-order valence-electron chi connectivity index (χ3n) is 2.60. The molecule has 0 radical (unpaired) electrons. The van der Waals surface area contributed by atoms with Gasteiger partial charge in [-0.25, -0.2) is 0 Å². The lowest BCUT2D eigenvalue weighted by Crippen LogP contribution is -2.24. The number of carbonyl (C=O) groups is 1. The highest BCUT2D eigenvalue weighted by Gasteiger charge is 2.05. The van der Waals surface area contributed by atoms with Crippen LogP contribution in [0.3, 0.4) is 0 Å². The predicted molar refractivity (Wildman–Crippen MR) is 82.5 cm³/mol. The van der Waals surface area contributed by atoms with Crippen molar-refractivity contribution < 1.29 is 4.79 Å². The number of benzene rings is 1. The number of nitrogen functional groups attached to an aromatic ring is 1. The normalized spacial score (nSPS) is 10.4. The van der Waals surface area contributed by atoms with Gasteiger partial charge in [0.25, 0.3) is 0 Å². The summed E-state index contributed by atoms with van der Waals surface area (Å²) in [5.74, 6) is 0.477. The molecule has 5 heteroatoms. The molecule has 0 bridgehead atoms. The molecule has 0 spiro atoms. The highest BCUT2D eigenvalue weighted by Crippen LogP contribution is 2.23. The standard InChI is InChI=1S/C14H16N2OS2/c1-10-7-11(15)4-5-13(10)19-9-14(17)16-8-12-3-2-6-18-12/h2-7H,8-9,15H2,1H3,(H,16,17). The van der Waals surface area contributed by atoms with Gasteiger partial charge in [-0.3, -0.25) is 4.79 Å². The molecule has 2 rings (SSSR count). The fourth-order valence-electron chi connectivity index (χ4n) is 1.63. The molecule has 0 aliphatic carbocycles. The van der Waals surface area contributed by atoms with Crippen LogP contribution in [0.15, 0.2) is 40.6 Å². The minimum absolute atomic E-state index is 0.0506. The van der Waals surface area contributed by atoms with E-state index in [1.165, 1.54) is 16.6 Å². The van der Waals surface area contributed by atoms with Gasteiger partial charge in [0.1, 0.15) is 0 Å². The molecule has 100 valence electrons. The lowest BCUT2D eigenvalue weighted by molar-refractivity contribution is -0.118. The Kier molecular flexibility index (Phi) is 4.87. The van der Waals surface area contributed by atoms with Crippen LogP contribution >= 0.6 is 23.1 Å². The Morgan fingerprint density at radius 1 is 1.42 bits per heavy atom. The van der Waals surface area contributed by atoms with E-state index in [0.29, 0.717) is 12.3 Å². The second kappa shape index (κ2) is 6.63. The van der Waals surface area contributed by atoms with Gasteiger partial charge in [-0.15, -0.1) is 23.1 Å². The number of aryl methyl sites for hydroxylation is 1. The number of nitrogens with two attached hydrogens (primary N) is 1. The topological polar surface area (TPSA) is 55.1 Å². The first kappa shape index (κ1) is 14.0. The van der Waals surface area contributed by atoms with Crippen LogP contribution in [0.1, 0.15) is 10.4 Å². The number of anilines is 1. The van der Waals surface area contributed by atoms with E-state index in [-0.39, 0.29) is 5.91 Å². The van der Waals surface area contributed by atoms with Crippen molar-refractivity contribution in [2.45, 2.75) is 18.4 Å². The molecule has 1 heterocycles. The molecule has 19 heavy (non-hydrogen) atoms. The summed E-state index contributed by atoms with van der Waals surface area (Å²) in [6, 6.07) is 9.74. The molecule has 0 saturated carbocycles. The molecule has 1 amide bonds. The average Bonchev–Trinajstić information content (AvgIpc) is 2.88.